The minimum absolute atomic E-state index is 0.192. The lowest BCUT2D eigenvalue weighted by Crippen LogP contribution is -2.52. The van der Waals surface area contributed by atoms with Crippen molar-refractivity contribution in [2.24, 2.45) is 0 Å². The Hall–Kier alpha value is -1.84. The Morgan fingerprint density at radius 3 is 2.65 bits per heavy atom. The van der Waals surface area contributed by atoms with E-state index in [1.165, 1.54) is 5.56 Å². The maximum absolute atomic E-state index is 12.8. The monoisotopic (exact) mass is 315 g/mol. The summed E-state index contributed by atoms with van der Waals surface area (Å²) in [6.45, 7) is 4.71. The van der Waals surface area contributed by atoms with E-state index in [-0.39, 0.29) is 12.1 Å². The van der Waals surface area contributed by atoms with E-state index in [4.69, 9.17) is 4.74 Å². The number of hydrogen-bond donors (Lipinski definition) is 0. The van der Waals surface area contributed by atoms with Crippen LogP contribution in [0.2, 0.25) is 0 Å². The van der Waals surface area contributed by atoms with Crippen molar-refractivity contribution in [3.63, 3.8) is 0 Å². The zero-order valence-electron chi connectivity index (χ0n) is 14.0. The van der Waals surface area contributed by atoms with Crippen LogP contribution in [-0.2, 0) is 20.9 Å². The van der Waals surface area contributed by atoms with Gasteiger partial charge < -0.3 is 9.64 Å². The Balaban J connectivity index is 1.99. The third-order valence-electron chi connectivity index (χ3n) is 5.40. The fraction of sp³-hybridized carbons (Fsp3) is 0.579. The van der Waals surface area contributed by atoms with Crippen molar-refractivity contribution >= 4 is 11.9 Å². The number of ether oxygens (including phenoxy) is 1. The van der Waals surface area contributed by atoms with Crippen LogP contribution in [0.3, 0.4) is 0 Å². The molecule has 0 aromatic heterocycles. The van der Waals surface area contributed by atoms with Crippen LogP contribution in [0.5, 0.6) is 0 Å². The number of carbonyl (C=O) groups is 2. The molecule has 4 heteroatoms. The standard InChI is InChI=1S/C19H25NO3/c1-3-23-18(22)17(21)20-13-15-8-4-5-9-16(15)14(2)12-19(20)10-6-7-11-19/h4-5,8-9,14H,3,6-7,10-13H2,1-2H3. The van der Waals surface area contributed by atoms with Gasteiger partial charge in [0.25, 0.3) is 0 Å². The van der Waals surface area contributed by atoms with E-state index in [1.54, 1.807) is 6.92 Å². The Labute approximate surface area is 137 Å². The third kappa shape index (κ3) is 2.87. The quantitative estimate of drug-likeness (QED) is 0.589. The van der Waals surface area contributed by atoms with Crippen LogP contribution in [-0.4, -0.2) is 28.9 Å². The second-order valence-electron chi connectivity index (χ2n) is 6.85. The first kappa shape index (κ1) is 16.0. The summed E-state index contributed by atoms with van der Waals surface area (Å²) in [5, 5.41) is 0. The van der Waals surface area contributed by atoms with Gasteiger partial charge >= 0.3 is 11.9 Å². The molecule has 0 bridgehead atoms. The highest BCUT2D eigenvalue weighted by molar-refractivity contribution is 6.32. The number of esters is 1. The van der Waals surface area contributed by atoms with Gasteiger partial charge in [0, 0.05) is 12.1 Å². The molecule has 1 aliphatic heterocycles. The highest BCUT2D eigenvalue weighted by Crippen LogP contribution is 2.46. The normalized spacial score (nSPS) is 22.5. The van der Waals surface area contributed by atoms with Crippen LogP contribution in [0.25, 0.3) is 0 Å². The lowest BCUT2D eigenvalue weighted by Gasteiger charge is -2.40. The van der Waals surface area contributed by atoms with Crippen molar-refractivity contribution in [2.75, 3.05) is 6.61 Å². The van der Waals surface area contributed by atoms with E-state index in [2.05, 4.69) is 25.1 Å². The Morgan fingerprint density at radius 1 is 1.26 bits per heavy atom. The summed E-state index contributed by atoms with van der Waals surface area (Å²) in [6, 6.07) is 8.29. The molecular weight excluding hydrogens is 290 g/mol. The van der Waals surface area contributed by atoms with Crippen molar-refractivity contribution in [3.8, 4) is 0 Å². The Morgan fingerprint density at radius 2 is 1.96 bits per heavy atom. The topological polar surface area (TPSA) is 46.6 Å². The fourth-order valence-corrected chi connectivity index (χ4v) is 4.38. The summed E-state index contributed by atoms with van der Waals surface area (Å²) >= 11 is 0. The number of nitrogens with zero attached hydrogens (tertiary/aromatic N) is 1. The van der Waals surface area contributed by atoms with Gasteiger partial charge in [-0.25, -0.2) is 4.79 Å². The molecule has 3 rings (SSSR count). The Bertz CT molecular complexity index is 604. The molecule has 0 N–H and O–H groups in total. The van der Waals surface area contributed by atoms with E-state index >= 15 is 0 Å². The van der Waals surface area contributed by atoms with E-state index in [0.717, 1.165) is 37.7 Å². The number of rotatable bonds is 1. The summed E-state index contributed by atoms with van der Waals surface area (Å²) in [5.41, 5.74) is 2.27. The van der Waals surface area contributed by atoms with Gasteiger partial charge in [0.2, 0.25) is 0 Å². The largest absolute Gasteiger partial charge is 0.459 e. The average Bonchev–Trinajstić information content (AvgIpc) is 2.96. The predicted molar refractivity (Wildman–Crippen MR) is 87.9 cm³/mol. The van der Waals surface area contributed by atoms with Crippen LogP contribution in [0, 0.1) is 0 Å². The molecule has 0 radical (unpaired) electrons. The molecule has 0 saturated heterocycles. The van der Waals surface area contributed by atoms with Crippen LogP contribution < -0.4 is 0 Å². The van der Waals surface area contributed by atoms with E-state index in [1.807, 2.05) is 11.0 Å². The van der Waals surface area contributed by atoms with Crippen LogP contribution >= 0.6 is 0 Å². The maximum atomic E-state index is 12.8. The van der Waals surface area contributed by atoms with Crippen molar-refractivity contribution in [1.29, 1.82) is 0 Å². The minimum atomic E-state index is -0.717. The molecule has 4 nitrogen and oxygen atoms in total. The van der Waals surface area contributed by atoms with E-state index in [0.29, 0.717) is 12.5 Å². The molecule has 2 aliphatic rings. The van der Waals surface area contributed by atoms with E-state index < -0.39 is 11.9 Å². The first-order chi connectivity index (χ1) is 11.1. The Kier molecular flexibility index (Phi) is 4.42. The maximum Gasteiger partial charge on any atom is 0.397 e. The lowest BCUT2D eigenvalue weighted by molar-refractivity contribution is -0.164. The molecule has 1 amide bonds. The van der Waals surface area contributed by atoms with Gasteiger partial charge in [-0.1, -0.05) is 44.0 Å². The number of hydrogen-bond acceptors (Lipinski definition) is 3. The van der Waals surface area contributed by atoms with Gasteiger partial charge in [-0.3, -0.25) is 4.79 Å². The molecule has 1 heterocycles. The zero-order chi connectivity index (χ0) is 16.4. The summed E-state index contributed by atoms with van der Waals surface area (Å²) in [4.78, 5) is 26.7. The number of carbonyl (C=O) groups excluding carboxylic acids is 2. The van der Waals surface area contributed by atoms with Gasteiger partial charge in [0.15, 0.2) is 0 Å². The highest BCUT2D eigenvalue weighted by Gasteiger charge is 2.46. The lowest BCUT2D eigenvalue weighted by atomic mass is 9.83. The summed E-state index contributed by atoms with van der Waals surface area (Å²) < 4.78 is 4.99. The smallest absolute Gasteiger partial charge is 0.397 e. The summed E-state index contributed by atoms with van der Waals surface area (Å²) in [5.74, 6) is -0.798. The van der Waals surface area contributed by atoms with Gasteiger partial charge in [-0.05, 0) is 43.2 Å². The molecule has 1 aromatic rings. The molecule has 1 saturated carbocycles. The van der Waals surface area contributed by atoms with Crippen molar-refractivity contribution in [3.05, 3.63) is 35.4 Å². The molecule has 1 aliphatic carbocycles. The molecule has 1 fully saturated rings. The molecule has 23 heavy (non-hydrogen) atoms. The number of benzene rings is 1. The van der Waals surface area contributed by atoms with Crippen LogP contribution in [0.15, 0.2) is 24.3 Å². The summed E-state index contributed by atoms with van der Waals surface area (Å²) in [7, 11) is 0. The average molecular weight is 315 g/mol. The first-order valence-corrected chi connectivity index (χ1v) is 8.64. The molecule has 1 spiro atoms. The number of amides is 1. The predicted octanol–water partition coefficient (Wildman–Crippen LogP) is 3.40. The van der Waals surface area contributed by atoms with Crippen molar-refractivity contribution in [2.45, 2.75) is 64.0 Å². The number of fused-ring (bicyclic) bond motifs is 1. The molecule has 1 aromatic carbocycles. The van der Waals surface area contributed by atoms with Gasteiger partial charge in [0.05, 0.1) is 6.61 Å². The SMILES string of the molecule is CCOC(=O)C(=O)N1Cc2ccccc2C(C)CC12CCCC2. The van der Waals surface area contributed by atoms with Gasteiger partial charge in [-0.15, -0.1) is 0 Å². The highest BCUT2D eigenvalue weighted by atomic mass is 16.5. The fourth-order valence-electron chi connectivity index (χ4n) is 4.38. The minimum Gasteiger partial charge on any atom is -0.459 e. The van der Waals surface area contributed by atoms with Crippen LogP contribution in [0.4, 0.5) is 0 Å². The molecule has 1 unspecified atom stereocenters. The second kappa shape index (κ2) is 6.34. The summed E-state index contributed by atoms with van der Waals surface area (Å²) in [6.07, 6.45) is 5.13. The molecule has 1 atom stereocenters. The van der Waals surface area contributed by atoms with Crippen molar-refractivity contribution < 1.29 is 14.3 Å². The third-order valence-corrected chi connectivity index (χ3v) is 5.40. The molecular formula is C19H25NO3. The van der Waals surface area contributed by atoms with Crippen LogP contribution in [0.1, 0.15) is 63.0 Å². The second-order valence-corrected chi connectivity index (χ2v) is 6.85. The van der Waals surface area contributed by atoms with E-state index in [9.17, 15) is 9.59 Å². The molecule has 124 valence electrons. The zero-order valence-corrected chi connectivity index (χ0v) is 14.0. The van der Waals surface area contributed by atoms with Gasteiger partial charge in [-0.2, -0.15) is 0 Å². The first-order valence-electron chi connectivity index (χ1n) is 8.64. The van der Waals surface area contributed by atoms with Crippen molar-refractivity contribution in [1.82, 2.24) is 4.90 Å². The van der Waals surface area contributed by atoms with Gasteiger partial charge in [0.1, 0.15) is 0 Å².